The van der Waals surface area contributed by atoms with Gasteiger partial charge in [-0.2, -0.15) is 5.26 Å². The maximum absolute atomic E-state index is 8.77. The predicted molar refractivity (Wildman–Crippen MR) is 95.9 cm³/mol. The van der Waals surface area contributed by atoms with E-state index in [0.29, 0.717) is 12.2 Å². The van der Waals surface area contributed by atoms with Crippen molar-refractivity contribution < 1.29 is 4.74 Å². The minimum atomic E-state index is 0.567. The summed E-state index contributed by atoms with van der Waals surface area (Å²) in [4.78, 5) is 4.32. The van der Waals surface area contributed by atoms with Gasteiger partial charge >= 0.3 is 0 Å². The summed E-state index contributed by atoms with van der Waals surface area (Å²) in [7, 11) is 0. The van der Waals surface area contributed by atoms with Crippen molar-refractivity contribution in [2.24, 2.45) is 0 Å². The largest absolute Gasteiger partial charge is 0.483 e. The Hall–Kier alpha value is -2.68. The topological polar surface area (TPSA) is 57.9 Å². The van der Waals surface area contributed by atoms with Gasteiger partial charge in [0.1, 0.15) is 12.7 Å². The number of rotatable bonds is 7. The summed E-state index contributed by atoms with van der Waals surface area (Å²) in [5.41, 5.74) is 4.07. The molecule has 0 unspecified atom stereocenters. The van der Waals surface area contributed by atoms with Crippen LogP contribution in [0.15, 0.2) is 60.2 Å². The molecular formula is C19H17N3OS. The van der Waals surface area contributed by atoms with E-state index in [0.717, 1.165) is 29.3 Å². The molecule has 0 amide bonds. The molecule has 4 nitrogen and oxygen atoms in total. The van der Waals surface area contributed by atoms with Crippen molar-refractivity contribution in [1.82, 2.24) is 10.3 Å². The van der Waals surface area contributed by atoms with Crippen molar-refractivity contribution in [1.29, 1.82) is 5.26 Å². The third-order valence-electron chi connectivity index (χ3n) is 3.46. The molecule has 3 rings (SSSR count). The number of nitrogens with zero attached hydrogens (tertiary/aromatic N) is 2. The zero-order chi connectivity index (χ0) is 16.6. The normalized spacial score (nSPS) is 10.3. The average Bonchev–Trinajstić information content (AvgIpc) is 3.10. The molecule has 1 N–H and O–H groups in total. The highest BCUT2D eigenvalue weighted by Gasteiger charge is 2.01. The lowest BCUT2D eigenvalue weighted by Crippen LogP contribution is -2.20. The first-order chi connectivity index (χ1) is 11.8. The molecule has 120 valence electrons. The van der Waals surface area contributed by atoms with Crippen LogP contribution in [0.25, 0.3) is 11.1 Å². The van der Waals surface area contributed by atoms with E-state index in [9.17, 15) is 0 Å². The molecule has 0 bridgehead atoms. The summed E-state index contributed by atoms with van der Waals surface area (Å²) in [5.74, 6) is 0. The molecule has 24 heavy (non-hydrogen) atoms. The van der Waals surface area contributed by atoms with E-state index in [1.807, 2.05) is 30.6 Å². The zero-order valence-corrected chi connectivity index (χ0v) is 13.9. The van der Waals surface area contributed by atoms with Crippen LogP contribution in [0.5, 0.6) is 5.06 Å². The van der Waals surface area contributed by atoms with E-state index in [4.69, 9.17) is 10.00 Å². The number of hydrogen-bond acceptors (Lipinski definition) is 5. The summed E-state index contributed by atoms with van der Waals surface area (Å²) >= 11 is 1.45. The molecular weight excluding hydrogens is 318 g/mol. The minimum Gasteiger partial charge on any atom is -0.483 e. The van der Waals surface area contributed by atoms with Crippen LogP contribution in [0.4, 0.5) is 0 Å². The molecule has 3 aromatic rings. The molecule has 2 aromatic heterocycles. The van der Waals surface area contributed by atoms with Crippen LogP contribution in [-0.4, -0.2) is 18.1 Å². The first kappa shape index (κ1) is 16.2. The maximum Gasteiger partial charge on any atom is 0.175 e. The fourth-order valence-corrected chi connectivity index (χ4v) is 2.99. The van der Waals surface area contributed by atoms with Crippen LogP contribution in [0.2, 0.25) is 0 Å². The standard InChI is InChI=1S/C19H17N3OS/c20-10-15-9-19(24-14-15)23-7-6-21-11-16-8-18(13-22-12-16)17-4-2-1-3-5-17/h1-5,8-9,12-14,21H,6-7,11H2. The Morgan fingerprint density at radius 3 is 2.79 bits per heavy atom. The van der Waals surface area contributed by atoms with E-state index in [-0.39, 0.29) is 0 Å². The van der Waals surface area contributed by atoms with E-state index >= 15 is 0 Å². The van der Waals surface area contributed by atoms with Gasteiger partial charge in [0, 0.05) is 42.5 Å². The number of thiophene rings is 1. The van der Waals surface area contributed by atoms with Gasteiger partial charge in [0.25, 0.3) is 0 Å². The van der Waals surface area contributed by atoms with E-state index in [1.165, 1.54) is 16.9 Å². The molecule has 0 saturated heterocycles. The van der Waals surface area contributed by atoms with Crippen LogP contribution >= 0.6 is 11.3 Å². The van der Waals surface area contributed by atoms with E-state index in [2.05, 4.69) is 34.6 Å². The Bertz CT molecular complexity index is 824. The summed E-state index contributed by atoms with van der Waals surface area (Å²) in [5, 5.41) is 14.7. The summed E-state index contributed by atoms with van der Waals surface area (Å²) < 4.78 is 5.61. The van der Waals surface area contributed by atoms with Crippen molar-refractivity contribution >= 4 is 11.3 Å². The van der Waals surface area contributed by atoms with Crippen LogP contribution in [-0.2, 0) is 6.54 Å². The molecule has 0 aliphatic rings. The van der Waals surface area contributed by atoms with Crippen molar-refractivity contribution in [3.8, 4) is 22.3 Å². The van der Waals surface area contributed by atoms with Crippen LogP contribution in [0.1, 0.15) is 11.1 Å². The maximum atomic E-state index is 8.77. The van der Waals surface area contributed by atoms with Gasteiger partial charge in [0.2, 0.25) is 0 Å². The van der Waals surface area contributed by atoms with Gasteiger partial charge in [-0.25, -0.2) is 0 Å². The summed E-state index contributed by atoms with van der Waals surface area (Å²) in [6.45, 7) is 2.04. The first-order valence-electron chi connectivity index (χ1n) is 7.66. The molecule has 0 radical (unpaired) electrons. The lowest BCUT2D eigenvalue weighted by atomic mass is 10.1. The molecule has 0 aliphatic carbocycles. The lowest BCUT2D eigenvalue weighted by Gasteiger charge is -2.07. The summed E-state index contributed by atoms with van der Waals surface area (Å²) in [6.07, 6.45) is 3.75. The van der Waals surface area contributed by atoms with Gasteiger partial charge in [-0.3, -0.25) is 4.98 Å². The van der Waals surface area contributed by atoms with Gasteiger partial charge in [0.15, 0.2) is 5.06 Å². The molecule has 0 atom stereocenters. The van der Waals surface area contributed by atoms with Crippen molar-refractivity contribution in [3.05, 3.63) is 71.4 Å². The average molecular weight is 335 g/mol. The van der Waals surface area contributed by atoms with Gasteiger partial charge in [-0.15, -0.1) is 11.3 Å². The molecule has 0 fully saturated rings. The Kier molecular flexibility index (Phi) is 5.56. The quantitative estimate of drug-likeness (QED) is 0.666. The fourth-order valence-electron chi connectivity index (χ4n) is 2.28. The highest BCUT2D eigenvalue weighted by atomic mass is 32.1. The number of nitrogens with one attached hydrogen (secondary N) is 1. The SMILES string of the molecule is N#Cc1csc(OCCNCc2cncc(-c3ccccc3)c2)c1. The molecule has 1 aromatic carbocycles. The van der Waals surface area contributed by atoms with Crippen LogP contribution in [0.3, 0.4) is 0 Å². The number of pyridine rings is 1. The van der Waals surface area contributed by atoms with E-state index in [1.54, 1.807) is 11.4 Å². The monoisotopic (exact) mass is 335 g/mol. The highest BCUT2D eigenvalue weighted by Crippen LogP contribution is 2.22. The molecule has 0 saturated carbocycles. The second-order valence-corrected chi connectivity index (χ2v) is 6.11. The Morgan fingerprint density at radius 2 is 2.00 bits per heavy atom. The van der Waals surface area contributed by atoms with Crippen molar-refractivity contribution in [2.75, 3.05) is 13.2 Å². The zero-order valence-electron chi connectivity index (χ0n) is 13.1. The second kappa shape index (κ2) is 8.25. The number of ether oxygens (including phenoxy) is 1. The molecule has 0 spiro atoms. The van der Waals surface area contributed by atoms with Crippen molar-refractivity contribution in [2.45, 2.75) is 6.54 Å². The number of nitriles is 1. The molecule has 2 heterocycles. The van der Waals surface area contributed by atoms with Crippen molar-refractivity contribution in [3.63, 3.8) is 0 Å². The highest BCUT2D eigenvalue weighted by molar-refractivity contribution is 7.12. The van der Waals surface area contributed by atoms with Crippen LogP contribution in [0, 0.1) is 11.3 Å². The predicted octanol–water partition coefficient (Wildman–Crippen LogP) is 3.85. The van der Waals surface area contributed by atoms with Crippen LogP contribution < -0.4 is 10.1 Å². The number of aromatic nitrogens is 1. The Balaban J connectivity index is 1.46. The molecule has 0 aliphatic heterocycles. The second-order valence-electron chi connectivity index (χ2n) is 5.24. The van der Waals surface area contributed by atoms with Gasteiger partial charge in [0.05, 0.1) is 5.56 Å². The van der Waals surface area contributed by atoms with Gasteiger partial charge in [-0.05, 0) is 17.2 Å². The molecule has 5 heteroatoms. The van der Waals surface area contributed by atoms with Gasteiger partial charge < -0.3 is 10.1 Å². The van der Waals surface area contributed by atoms with E-state index < -0.39 is 0 Å². The number of hydrogen-bond donors (Lipinski definition) is 1. The Labute approximate surface area is 145 Å². The Morgan fingerprint density at radius 1 is 1.12 bits per heavy atom. The summed E-state index contributed by atoms with van der Waals surface area (Å²) in [6, 6.07) is 16.2. The fraction of sp³-hybridized carbons (Fsp3) is 0.158. The third kappa shape index (κ3) is 4.42. The van der Waals surface area contributed by atoms with Gasteiger partial charge in [-0.1, -0.05) is 30.3 Å². The minimum absolute atomic E-state index is 0.567. The smallest absolute Gasteiger partial charge is 0.175 e. The third-order valence-corrected chi connectivity index (χ3v) is 4.30. The lowest BCUT2D eigenvalue weighted by molar-refractivity contribution is 0.322. The number of benzene rings is 1. The first-order valence-corrected chi connectivity index (χ1v) is 8.54.